The Kier molecular flexibility index (Phi) is 6.98. The summed E-state index contributed by atoms with van der Waals surface area (Å²) in [5, 5.41) is 2.84. The molecule has 0 aliphatic carbocycles. The zero-order chi connectivity index (χ0) is 16.7. The van der Waals surface area contributed by atoms with Crippen LogP contribution < -0.4 is 25.3 Å². The van der Waals surface area contributed by atoms with Gasteiger partial charge in [0.15, 0.2) is 11.5 Å². The predicted molar refractivity (Wildman–Crippen MR) is 85.4 cm³/mol. The summed E-state index contributed by atoms with van der Waals surface area (Å²) in [6, 6.07) is 3.10. The van der Waals surface area contributed by atoms with Gasteiger partial charge in [-0.3, -0.25) is 4.79 Å². The molecule has 0 aliphatic heterocycles. The Labute approximate surface area is 131 Å². The smallest absolute Gasteiger partial charge is 0.237 e. The first-order valence-corrected chi connectivity index (χ1v) is 7.30. The highest BCUT2D eigenvalue weighted by atomic mass is 16.5. The van der Waals surface area contributed by atoms with Gasteiger partial charge in [0.25, 0.3) is 0 Å². The van der Waals surface area contributed by atoms with Crippen molar-refractivity contribution in [1.29, 1.82) is 0 Å². The summed E-state index contributed by atoms with van der Waals surface area (Å²) in [5.41, 5.74) is 6.76. The van der Waals surface area contributed by atoms with Crippen LogP contribution in [0.25, 0.3) is 0 Å². The average Bonchev–Trinajstić information content (AvgIpc) is 2.56. The number of amides is 1. The summed E-state index contributed by atoms with van der Waals surface area (Å²) >= 11 is 0. The molecule has 6 nitrogen and oxygen atoms in total. The fourth-order valence-electron chi connectivity index (χ4n) is 2.06. The van der Waals surface area contributed by atoms with Crippen molar-refractivity contribution in [2.24, 2.45) is 11.7 Å². The maximum Gasteiger partial charge on any atom is 0.237 e. The number of nitrogens with one attached hydrogen (secondary N) is 1. The number of methoxy groups -OCH3 is 3. The number of ether oxygens (including phenoxy) is 3. The van der Waals surface area contributed by atoms with Crippen LogP contribution in [0.15, 0.2) is 12.1 Å². The van der Waals surface area contributed by atoms with Gasteiger partial charge in [-0.25, -0.2) is 0 Å². The van der Waals surface area contributed by atoms with E-state index in [1.54, 1.807) is 33.5 Å². The number of carbonyl (C=O) groups is 1. The third-order valence-corrected chi connectivity index (χ3v) is 3.75. The molecule has 0 fully saturated rings. The van der Waals surface area contributed by atoms with E-state index in [1.807, 2.05) is 13.8 Å². The number of carbonyl (C=O) groups excluding carboxylic acids is 1. The van der Waals surface area contributed by atoms with Gasteiger partial charge in [0.2, 0.25) is 11.7 Å². The average molecular weight is 310 g/mol. The highest BCUT2D eigenvalue weighted by Gasteiger charge is 2.19. The molecule has 0 bridgehead atoms. The molecule has 6 heteroatoms. The minimum absolute atomic E-state index is 0.139. The summed E-state index contributed by atoms with van der Waals surface area (Å²) in [7, 11) is 4.66. The molecular weight excluding hydrogens is 284 g/mol. The summed E-state index contributed by atoms with van der Waals surface area (Å²) in [4.78, 5) is 12.0. The Morgan fingerprint density at radius 1 is 1.18 bits per heavy atom. The van der Waals surface area contributed by atoms with Crippen molar-refractivity contribution in [2.45, 2.75) is 32.9 Å². The van der Waals surface area contributed by atoms with E-state index < -0.39 is 6.04 Å². The van der Waals surface area contributed by atoms with Crippen LogP contribution in [-0.2, 0) is 11.3 Å². The van der Waals surface area contributed by atoms with Crippen LogP contribution in [0.2, 0.25) is 0 Å². The molecule has 0 aliphatic rings. The lowest BCUT2D eigenvalue weighted by atomic mass is 9.99. The SMILES string of the molecule is CCC(C)C(N)C(=O)NCc1cc(OC)c(OC)c(OC)c1. The summed E-state index contributed by atoms with van der Waals surface area (Å²) in [5.74, 6) is 1.61. The number of hydrogen-bond acceptors (Lipinski definition) is 5. The number of rotatable bonds is 8. The minimum atomic E-state index is -0.507. The van der Waals surface area contributed by atoms with Gasteiger partial charge in [0.05, 0.1) is 27.4 Å². The van der Waals surface area contributed by atoms with Crippen LogP contribution in [-0.4, -0.2) is 33.3 Å². The summed E-state index contributed by atoms with van der Waals surface area (Å²) in [6.07, 6.45) is 0.860. The lowest BCUT2D eigenvalue weighted by molar-refractivity contribution is -0.123. The van der Waals surface area contributed by atoms with E-state index in [-0.39, 0.29) is 11.8 Å². The van der Waals surface area contributed by atoms with Gasteiger partial charge in [0.1, 0.15) is 0 Å². The van der Waals surface area contributed by atoms with E-state index in [1.165, 1.54) is 0 Å². The van der Waals surface area contributed by atoms with E-state index in [0.29, 0.717) is 23.8 Å². The first kappa shape index (κ1) is 18.1. The predicted octanol–water partition coefficient (Wildman–Crippen LogP) is 1.70. The van der Waals surface area contributed by atoms with Crippen LogP contribution >= 0.6 is 0 Å². The normalized spacial score (nSPS) is 13.2. The first-order chi connectivity index (χ1) is 10.5. The van der Waals surface area contributed by atoms with Crippen LogP contribution in [0.3, 0.4) is 0 Å². The van der Waals surface area contributed by atoms with Gasteiger partial charge in [0, 0.05) is 6.54 Å². The highest BCUT2D eigenvalue weighted by molar-refractivity contribution is 5.81. The monoisotopic (exact) mass is 310 g/mol. The van der Waals surface area contributed by atoms with E-state index >= 15 is 0 Å². The van der Waals surface area contributed by atoms with Crippen molar-refractivity contribution in [2.75, 3.05) is 21.3 Å². The molecule has 0 aromatic heterocycles. The van der Waals surface area contributed by atoms with Crippen LogP contribution in [0, 0.1) is 5.92 Å². The van der Waals surface area contributed by atoms with Crippen molar-refractivity contribution in [3.05, 3.63) is 17.7 Å². The Balaban J connectivity index is 2.84. The van der Waals surface area contributed by atoms with Crippen molar-refractivity contribution < 1.29 is 19.0 Å². The molecule has 2 unspecified atom stereocenters. The fraction of sp³-hybridized carbons (Fsp3) is 0.562. The van der Waals surface area contributed by atoms with E-state index in [4.69, 9.17) is 19.9 Å². The van der Waals surface area contributed by atoms with Crippen molar-refractivity contribution in [1.82, 2.24) is 5.32 Å². The molecule has 1 aromatic rings. The Hall–Kier alpha value is -1.95. The third-order valence-electron chi connectivity index (χ3n) is 3.75. The van der Waals surface area contributed by atoms with Gasteiger partial charge in [-0.15, -0.1) is 0 Å². The molecule has 0 radical (unpaired) electrons. The first-order valence-electron chi connectivity index (χ1n) is 7.30. The summed E-state index contributed by atoms with van der Waals surface area (Å²) in [6.45, 7) is 4.32. The zero-order valence-corrected chi connectivity index (χ0v) is 13.9. The maximum absolute atomic E-state index is 12.0. The molecule has 0 heterocycles. The minimum Gasteiger partial charge on any atom is -0.493 e. The van der Waals surface area contributed by atoms with E-state index in [2.05, 4.69) is 5.32 Å². The molecule has 0 spiro atoms. The Morgan fingerprint density at radius 3 is 2.14 bits per heavy atom. The Morgan fingerprint density at radius 2 is 1.73 bits per heavy atom. The lowest BCUT2D eigenvalue weighted by Gasteiger charge is -2.18. The number of nitrogens with two attached hydrogens (primary N) is 1. The third kappa shape index (κ3) is 4.27. The molecule has 1 aromatic carbocycles. The number of hydrogen-bond donors (Lipinski definition) is 2. The quantitative estimate of drug-likeness (QED) is 0.763. The molecule has 1 amide bonds. The molecule has 0 saturated carbocycles. The largest absolute Gasteiger partial charge is 0.493 e. The van der Waals surface area contributed by atoms with Crippen LogP contribution in [0.1, 0.15) is 25.8 Å². The molecular formula is C16H26N2O4. The Bertz CT molecular complexity index is 480. The topological polar surface area (TPSA) is 82.8 Å². The van der Waals surface area contributed by atoms with Crippen molar-refractivity contribution >= 4 is 5.91 Å². The van der Waals surface area contributed by atoms with E-state index in [0.717, 1.165) is 12.0 Å². The molecule has 22 heavy (non-hydrogen) atoms. The van der Waals surface area contributed by atoms with Gasteiger partial charge in [-0.05, 0) is 23.6 Å². The molecule has 2 atom stereocenters. The summed E-state index contributed by atoms with van der Waals surface area (Å²) < 4.78 is 15.8. The zero-order valence-electron chi connectivity index (χ0n) is 13.9. The maximum atomic E-state index is 12.0. The highest BCUT2D eigenvalue weighted by Crippen LogP contribution is 2.38. The fourth-order valence-corrected chi connectivity index (χ4v) is 2.06. The second-order valence-electron chi connectivity index (χ2n) is 5.16. The standard InChI is InChI=1S/C16H26N2O4/c1-6-10(2)14(17)16(19)18-9-11-7-12(20-3)15(22-5)13(8-11)21-4/h7-8,10,14H,6,9,17H2,1-5H3,(H,18,19). The number of benzene rings is 1. The molecule has 1 rings (SSSR count). The second kappa shape index (κ2) is 8.48. The second-order valence-corrected chi connectivity index (χ2v) is 5.16. The van der Waals surface area contributed by atoms with Gasteiger partial charge in [-0.2, -0.15) is 0 Å². The molecule has 0 saturated heterocycles. The van der Waals surface area contributed by atoms with Crippen LogP contribution in [0.5, 0.6) is 17.2 Å². The lowest BCUT2D eigenvalue weighted by Crippen LogP contribution is -2.44. The van der Waals surface area contributed by atoms with Gasteiger partial charge >= 0.3 is 0 Å². The molecule has 3 N–H and O–H groups in total. The van der Waals surface area contributed by atoms with Crippen LogP contribution in [0.4, 0.5) is 0 Å². The van der Waals surface area contributed by atoms with Crippen molar-refractivity contribution in [3.63, 3.8) is 0 Å². The van der Waals surface area contributed by atoms with E-state index in [9.17, 15) is 4.79 Å². The van der Waals surface area contributed by atoms with Gasteiger partial charge in [-0.1, -0.05) is 20.3 Å². The van der Waals surface area contributed by atoms with Crippen molar-refractivity contribution in [3.8, 4) is 17.2 Å². The van der Waals surface area contributed by atoms with Gasteiger partial charge < -0.3 is 25.3 Å². The molecule has 124 valence electrons.